The monoisotopic (exact) mass is 311 g/mol. The van der Waals surface area contributed by atoms with Gasteiger partial charge >= 0.3 is 6.18 Å². The van der Waals surface area contributed by atoms with Crippen LogP contribution in [0.3, 0.4) is 0 Å². The van der Waals surface area contributed by atoms with Crippen LogP contribution in [0.25, 0.3) is 0 Å². The molecule has 0 fully saturated rings. The van der Waals surface area contributed by atoms with E-state index in [1.165, 1.54) is 13.8 Å². The number of rotatable bonds is 4. The van der Waals surface area contributed by atoms with Crippen molar-refractivity contribution in [2.45, 2.75) is 24.8 Å². The molecule has 114 valence electrons. The van der Waals surface area contributed by atoms with Crippen LogP contribution in [0.2, 0.25) is 0 Å². The van der Waals surface area contributed by atoms with Gasteiger partial charge in [0.05, 0.1) is 10.3 Å². The fourth-order valence-electron chi connectivity index (χ4n) is 1.24. The lowest BCUT2D eigenvalue weighted by Gasteiger charge is -2.23. The molecule has 0 atom stereocenters. The van der Waals surface area contributed by atoms with Gasteiger partial charge < -0.3 is 11.1 Å². The zero-order valence-corrected chi connectivity index (χ0v) is 12.1. The molecule has 20 heavy (non-hydrogen) atoms. The molecule has 0 spiro atoms. The summed E-state index contributed by atoms with van der Waals surface area (Å²) in [5.41, 5.74) is 4.37. The van der Waals surface area contributed by atoms with Crippen LogP contribution < -0.4 is 11.1 Å². The van der Waals surface area contributed by atoms with E-state index in [4.69, 9.17) is 5.73 Å². The number of pyridine rings is 1. The van der Waals surface area contributed by atoms with Crippen molar-refractivity contribution in [3.05, 3.63) is 17.7 Å². The summed E-state index contributed by atoms with van der Waals surface area (Å²) in [6.07, 6.45) is -3.48. The fourth-order valence-corrected chi connectivity index (χ4v) is 1.58. The second-order valence-corrected chi connectivity index (χ2v) is 7.70. The summed E-state index contributed by atoms with van der Waals surface area (Å²) in [6.45, 7) is 2.85. The van der Waals surface area contributed by atoms with Crippen molar-refractivity contribution in [3.63, 3.8) is 0 Å². The molecule has 0 radical (unpaired) electrons. The molecular formula is C11H16F3N3O2S. The van der Waals surface area contributed by atoms with Gasteiger partial charge in [0, 0.05) is 12.8 Å². The number of alkyl halides is 3. The lowest BCUT2D eigenvalue weighted by Crippen LogP contribution is -2.38. The van der Waals surface area contributed by atoms with Gasteiger partial charge in [0.1, 0.15) is 11.6 Å². The fraction of sp³-hybridized carbons (Fsp3) is 0.545. The Labute approximate surface area is 115 Å². The highest BCUT2D eigenvalue weighted by molar-refractivity contribution is 7.92. The summed E-state index contributed by atoms with van der Waals surface area (Å²) in [5, 5.41) is 2.57. The Morgan fingerprint density at radius 1 is 1.30 bits per heavy atom. The SMILES string of the molecule is CC(C)(CNc1cc(C(F)(F)F)cc(N)n1)S(C)(=O)=O. The minimum atomic E-state index is -4.54. The van der Waals surface area contributed by atoms with Gasteiger partial charge in [0.15, 0.2) is 9.84 Å². The molecule has 0 aromatic carbocycles. The van der Waals surface area contributed by atoms with Gasteiger partial charge in [-0.05, 0) is 26.0 Å². The molecule has 9 heteroatoms. The van der Waals surface area contributed by atoms with Gasteiger partial charge in [-0.3, -0.25) is 0 Å². The Morgan fingerprint density at radius 3 is 2.30 bits per heavy atom. The second-order valence-electron chi connectivity index (χ2n) is 5.05. The van der Waals surface area contributed by atoms with E-state index in [-0.39, 0.29) is 18.2 Å². The van der Waals surface area contributed by atoms with Crippen molar-refractivity contribution in [1.82, 2.24) is 4.98 Å². The molecule has 0 saturated heterocycles. The summed E-state index contributed by atoms with van der Waals surface area (Å²) in [4.78, 5) is 3.70. The first-order chi connectivity index (χ1) is 8.83. The van der Waals surface area contributed by atoms with Gasteiger partial charge in [-0.1, -0.05) is 0 Å². The third kappa shape index (κ3) is 3.99. The number of nitrogens with two attached hydrogens (primary N) is 1. The van der Waals surface area contributed by atoms with E-state index in [1.54, 1.807) is 0 Å². The molecule has 0 aliphatic carbocycles. The number of hydrogen-bond acceptors (Lipinski definition) is 5. The van der Waals surface area contributed by atoms with Gasteiger partial charge in [0.25, 0.3) is 0 Å². The minimum Gasteiger partial charge on any atom is -0.384 e. The van der Waals surface area contributed by atoms with Crippen molar-refractivity contribution >= 4 is 21.5 Å². The van der Waals surface area contributed by atoms with Crippen LogP contribution in [-0.4, -0.2) is 30.9 Å². The van der Waals surface area contributed by atoms with Crippen LogP contribution in [0.5, 0.6) is 0 Å². The molecule has 0 bridgehead atoms. The van der Waals surface area contributed by atoms with Crippen molar-refractivity contribution < 1.29 is 21.6 Å². The van der Waals surface area contributed by atoms with Gasteiger partial charge in [-0.25, -0.2) is 13.4 Å². The third-order valence-corrected chi connectivity index (χ3v) is 5.02. The van der Waals surface area contributed by atoms with E-state index in [2.05, 4.69) is 10.3 Å². The van der Waals surface area contributed by atoms with E-state index in [0.29, 0.717) is 6.07 Å². The second kappa shape index (κ2) is 5.12. The van der Waals surface area contributed by atoms with Crippen LogP contribution in [0.4, 0.5) is 24.8 Å². The molecular weight excluding hydrogens is 295 g/mol. The number of aromatic nitrogens is 1. The van der Waals surface area contributed by atoms with Crippen LogP contribution in [-0.2, 0) is 16.0 Å². The van der Waals surface area contributed by atoms with Crippen molar-refractivity contribution in [2.75, 3.05) is 23.9 Å². The highest BCUT2D eigenvalue weighted by Gasteiger charge is 2.33. The minimum absolute atomic E-state index is 0.0837. The van der Waals surface area contributed by atoms with Gasteiger partial charge in [-0.2, -0.15) is 13.2 Å². The number of nitrogen functional groups attached to an aromatic ring is 1. The predicted molar refractivity (Wildman–Crippen MR) is 71.1 cm³/mol. The zero-order valence-electron chi connectivity index (χ0n) is 11.2. The average molecular weight is 311 g/mol. The van der Waals surface area contributed by atoms with E-state index in [1.807, 2.05) is 0 Å². The molecule has 0 unspecified atom stereocenters. The number of sulfone groups is 1. The Kier molecular flexibility index (Phi) is 4.23. The average Bonchev–Trinajstić information content (AvgIpc) is 2.23. The summed E-state index contributed by atoms with van der Waals surface area (Å²) < 4.78 is 59.7. The molecule has 0 amide bonds. The van der Waals surface area contributed by atoms with Crippen molar-refractivity contribution in [2.24, 2.45) is 0 Å². The largest absolute Gasteiger partial charge is 0.416 e. The highest BCUT2D eigenvalue weighted by atomic mass is 32.2. The van der Waals surface area contributed by atoms with E-state index in [0.717, 1.165) is 12.3 Å². The molecule has 0 saturated carbocycles. The van der Waals surface area contributed by atoms with E-state index in [9.17, 15) is 21.6 Å². The lowest BCUT2D eigenvalue weighted by atomic mass is 10.2. The van der Waals surface area contributed by atoms with E-state index >= 15 is 0 Å². The number of nitrogens with one attached hydrogen (secondary N) is 1. The Hall–Kier alpha value is -1.51. The number of nitrogens with zero attached hydrogens (tertiary/aromatic N) is 1. The Morgan fingerprint density at radius 2 is 1.85 bits per heavy atom. The number of hydrogen-bond donors (Lipinski definition) is 2. The maximum absolute atomic E-state index is 12.6. The maximum Gasteiger partial charge on any atom is 0.416 e. The molecule has 1 heterocycles. The molecule has 3 N–H and O–H groups in total. The molecule has 0 aliphatic rings. The van der Waals surface area contributed by atoms with Crippen LogP contribution in [0, 0.1) is 0 Å². The Bertz CT molecular complexity index is 597. The van der Waals surface area contributed by atoms with Crippen LogP contribution >= 0.6 is 0 Å². The first-order valence-corrected chi connectivity index (χ1v) is 7.50. The topological polar surface area (TPSA) is 85.1 Å². The number of halogens is 3. The first kappa shape index (κ1) is 16.5. The summed E-state index contributed by atoms with van der Waals surface area (Å²) in [6, 6.07) is 1.50. The highest BCUT2D eigenvalue weighted by Crippen LogP contribution is 2.31. The third-order valence-electron chi connectivity index (χ3n) is 2.87. The van der Waals surface area contributed by atoms with Crippen LogP contribution in [0.15, 0.2) is 12.1 Å². The molecule has 5 nitrogen and oxygen atoms in total. The molecule has 0 aliphatic heterocycles. The smallest absolute Gasteiger partial charge is 0.384 e. The zero-order chi connectivity index (χ0) is 15.8. The first-order valence-electron chi connectivity index (χ1n) is 5.61. The summed E-state index contributed by atoms with van der Waals surface area (Å²) >= 11 is 0. The summed E-state index contributed by atoms with van der Waals surface area (Å²) in [5.74, 6) is -0.409. The number of anilines is 2. The molecule has 1 aromatic rings. The standard InChI is InChI=1S/C11H16F3N3O2S/c1-10(2,20(3,18)19)6-16-9-5-7(11(12,13)14)4-8(15)17-9/h4-5H,6H2,1-3H3,(H3,15,16,17). The lowest BCUT2D eigenvalue weighted by molar-refractivity contribution is -0.137. The van der Waals surface area contributed by atoms with Crippen molar-refractivity contribution in [1.29, 1.82) is 0 Å². The Balaban J connectivity index is 2.98. The molecule has 1 rings (SSSR count). The van der Waals surface area contributed by atoms with Crippen LogP contribution in [0.1, 0.15) is 19.4 Å². The van der Waals surface area contributed by atoms with Gasteiger partial charge in [0.2, 0.25) is 0 Å². The molecule has 1 aromatic heterocycles. The van der Waals surface area contributed by atoms with E-state index < -0.39 is 26.3 Å². The predicted octanol–water partition coefficient (Wildman–Crippen LogP) is 1.92. The maximum atomic E-state index is 12.6. The summed E-state index contributed by atoms with van der Waals surface area (Å²) in [7, 11) is -3.36. The van der Waals surface area contributed by atoms with Gasteiger partial charge in [-0.15, -0.1) is 0 Å². The van der Waals surface area contributed by atoms with Crippen molar-refractivity contribution in [3.8, 4) is 0 Å². The normalized spacial score (nSPS) is 13.3. The quantitative estimate of drug-likeness (QED) is 0.887.